The van der Waals surface area contributed by atoms with Crippen molar-refractivity contribution < 1.29 is 97.6 Å². The molecule has 2 saturated carbocycles. The van der Waals surface area contributed by atoms with Gasteiger partial charge in [-0.3, -0.25) is 0 Å². The van der Waals surface area contributed by atoms with E-state index in [0.29, 0.717) is 0 Å². The fourth-order valence-corrected chi connectivity index (χ4v) is 18.5. The second-order valence-electron chi connectivity index (χ2n) is 12.5. The highest BCUT2D eigenvalue weighted by Crippen LogP contribution is 2.62. The van der Waals surface area contributed by atoms with Crippen molar-refractivity contribution >= 4 is 26.4 Å². The predicted octanol–water partition coefficient (Wildman–Crippen LogP) is 7.01. The molecule has 2 fully saturated rings. The number of aliphatic hydroxyl groups is 1. The molecule has 0 aliphatic heterocycles. The van der Waals surface area contributed by atoms with Crippen LogP contribution in [0.25, 0.3) is 0 Å². The summed E-state index contributed by atoms with van der Waals surface area (Å²) in [5.41, 5.74) is -10.6. The Balaban J connectivity index is 2.56. The van der Waals surface area contributed by atoms with Crippen LogP contribution in [0.2, 0.25) is 18.1 Å². The van der Waals surface area contributed by atoms with Crippen LogP contribution in [0, 0.1) is 17.8 Å². The summed E-state index contributed by atoms with van der Waals surface area (Å²) in [6, 6.07) is -0.807. The molecule has 0 aromatic heterocycles. The highest BCUT2D eigenvalue weighted by Gasteiger charge is 2.74. The first-order valence-corrected chi connectivity index (χ1v) is 21.5. The number of rotatable bonds is 20. The van der Waals surface area contributed by atoms with Crippen LogP contribution in [0.15, 0.2) is 0 Å². The minimum Gasteiger partial charge on any atom is -0.398 e. The van der Waals surface area contributed by atoms with Gasteiger partial charge in [0.2, 0.25) is 0 Å². The van der Waals surface area contributed by atoms with E-state index in [-0.39, 0.29) is 25.9 Å². The standard InChI is InChI=1S/C26H44F12O10Si3/c1-8-45-16-46-22(25(33,34)35,26(36,37)38)10-9-11-50(41-3,48-51(42-4,43-5)44-6)47-49(7,40-2)20-14-17-12-18(19(20)13-17)15-21(39,23(27,28)29)24(30,31)32/h17-20,39H,8-16H2,1-7H3. The van der Waals surface area contributed by atoms with Crippen LogP contribution in [0.4, 0.5) is 52.7 Å². The number of halogens is 12. The van der Waals surface area contributed by atoms with Crippen molar-refractivity contribution in [2.45, 2.75) is 99.5 Å². The molecule has 10 nitrogen and oxygen atoms in total. The van der Waals surface area contributed by atoms with E-state index in [1.54, 1.807) is 0 Å². The van der Waals surface area contributed by atoms with Crippen molar-refractivity contribution in [1.29, 1.82) is 0 Å². The number of ether oxygens (including phenoxy) is 2. The third-order valence-electron chi connectivity index (χ3n) is 9.75. The SMILES string of the molecule is CCOCOC(CCC[Si](OC)(O[Si](OC)(OC)OC)O[Si](C)(OC)C1CC2CC(CC(O)(C(F)(F)F)C(F)(F)F)C1C2)(C(F)(F)F)C(F)(F)F. The van der Waals surface area contributed by atoms with E-state index in [1.807, 2.05) is 0 Å². The Hall–Kier alpha value is -0.589. The lowest BCUT2D eigenvalue weighted by molar-refractivity contribution is -0.395. The largest absolute Gasteiger partial charge is 0.671 e. The zero-order valence-electron chi connectivity index (χ0n) is 28.8. The Morgan fingerprint density at radius 2 is 1.22 bits per heavy atom. The molecule has 51 heavy (non-hydrogen) atoms. The molecule has 2 rings (SSSR count). The molecule has 1 N–H and O–H groups in total. The van der Waals surface area contributed by atoms with E-state index in [9.17, 15) is 57.8 Å². The number of alkyl halides is 12. The third-order valence-corrected chi connectivity index (χ3v) is 20.8. The zero-order valence-corrected chi connectivity index (χ0v) is 31.8. The van der Waals surface area contributed by atoms with Gasteiger partial charge in [0.15, 0.2) is 0 Å². The minimum atomic E-state index is -6.06. The van der Waals surface area contributed by atoms with Gasteiger partial charge in [-0.15, -0.1) is 0 Å². The molecule has 0 spiro atoms. The first-order chi connectivity index (χ1) is 23.2. The summed E-state index contributed by atoms with van der Waals surface area (Å²) in [6.07, 6.45) is -28.3. The predicted molar refractivity (Wildman–Crippen MR) is 157 cm³/mol. The fourth-order valence-electron chi connectivity index (χ4n) is 7.02. The number of hydrogen-bond acceptors (Lipinski definition) is 10. The highest BCUT2D eigenvalue weighted by atomic mass is 28.5. The number of hydrogen-bond donors (Lipinski definition) is 1. The smallest absolute Gasteiger partial charge is 0.398 e. The molecule has 0 aromatic rings. The topological polar surface area (TPSA) is 103 Å². The zero-order chi connectivity index (χ0) is 39.5. The van der Waals surface area contributed by atoms with Crippen molar-refractivity contribution in [3.63, 3.8) is 0 Å². The molecular weight excluding hydrogens is 785 g/mol. The summed E-state index contributed by atoms with van der Waals surface area (Å²) in [6.45, 7) is 1.07. The van der Waals surface area contributed by atoms with Crippen LogP contribution < -0.4 is 0 Å². The summed E-state index contributed by atoms with van der Waals surface area (Å²) in [5, 5.41) is 9.95. The van der Waals surface area contributed by atoms with E-state index in [1.165, 1.54) is 13.5 Å². The lowest BCUT2D eigenvalue weighted by atomic mass is 9.79. The van der Waals surface area contributed by atoms with Gasteiger partial charge in [-0.25, -0.2) is 0 Å². The average Bonchev–Trinajstić information content (AvgIpc) is 3.62. The van der Waals surface area contributed by atoms with Crippen molar-refractivity contribution in [3.8, 4) is 0 Å². The van der Waals surface area contributed by atoms with Gasteiger partial charge in [0.25, 0.3) is 11.2 Å². The first-order valence-electron chi connectivity index (χ1n) is 15.5. The summed E-state index contributed by atoms with van der Waals surface area (Å²) in [5.74, 6) is -2.65. The molecule has 25 heteroatoms. The second-order valence-corrected chi connectivity index (χ2v) is 21.8. The van der Waals surface area contributed by atoms with Crippen LogP contribution in [-0.4, -0.2) is 116 Å². The molecule has 2 aliphatic rings. The second kappa shape index (κ2) is 16.6. The molecule has 304 valence electrons. The Morgan fingerprint density at radius 3 is 1.61 bits per heavy atom. The lowest BCUT2D eigenvalue weighted by Gasteiger charge is -2.45. The van der Waals surface area contributed by atoms with Crippen LogP contribution in [0.1, 0.15) is 45.4 Å². The van der Waals surface area contributed by atoms with E-state index >= 15 is 0 Å². The van der Waals surface area contributed by atoms with Gasteiger partial charge in [-0.2, -0.15) is 52.7 Å². The Labute approximate surface area is 290 Å². The van der Waals surface area contributed by atoms with Gasteiger partial charge in [0.05, 0.1) is 0 Å². The average molecular weight is 829 g/mol. The normalized spacial score (nSPS) is 24.9. The van der Waals surface area contributed by atoms with Crippen molar-refractivity contribution in [2.24, 2.45) is 17.8 Å². The minimum absolute atomic E-state index is 0.0844. The van der Waals surface area contributed by atoms with Gasteiger partial charge in [0, 0.05) is 53.7 Å². The quantitative estimate of drug-likeness (QED) is 0.0597. The molecule has 6 unspecified atom stereocenters. The Kier molecular flexibility index (Phi) is 15.2. The first kappa shape index (κ1) is 46.6. The maximum Gasteiger partial charge on any atom is 0.671 e. The van der Waals surface area contributed by atoms with Gasteiger partial charge in [0.1, 0.15) is 6.79 Å². The van der Waals surface area contributed by atoms with Crippen LogP contribution in [0.5, 0.6) is 0 Å². The van der Waals surface area contributed by atoms with Crippen LogP contribution >= 0.6 is 0 Å². The highest BCUT2D eigenvalue weighted by molar-refractivity contribution is 6.82. The summed E-state index contributed by atoms with van der Waals surface area (Å²) in [4.78, 5) is 0. The van der Waals surface area contributed by atoms with Crippen LogP contribution in [-0.2, 0) is 39.8 Å². The van der Waals surface area contributed by atoms with Gasteiger partial charge in [-0.05, 0) is 69.7 Å². The van der Waals surface area contributed by atoms with Gasteiger partial charge >= 0.3 is 51.1 Å². The maximum absolute atomic E-state index is 14.1. The van der Waals surface area contributed by atoms with Gasteiger partial charge < -0.3 is 44.9 Å². The van der Waals surface area contributed by atoms with Crippen LogP contribution in [0.3, 0.4) is 0 Å². The third kappa shape index (κ3) is 9.63. The van der Waals surface area contributed by atoms with E-state index < -0.39 is 118 Å². The monoisotopic (exact) mass is 828 g/mol. The van der Waals surface area contributed by atoms with E-state index in [2.05, 4.69) is 9.47 Å². The van der Waals surface area contributed by atoms with Crippen molar-refractivity contribution in [1.82, 2.24) is 0 Å². The summed E-state index contributed by atoms with van der Waals surface area (Å²) in [7, 11) is -7.78. The van der Waals surface area contributed by atoms with Crippen molar-refractivity contribution in [2.75, 3.05) is 48.9 Å². The van der Waals surface area contributed by atoms with Crippen molar-refractivity contribution in [3.05, 3.63) is 0 Å². The Morgan fingerprint density at radius 1 is 0.686 bits per heavy atom. The molecule has 2 aliphatic carbocycles. The molecule has 0 aromatic carbocycles. The lowest BCUT2D eigenvalue weighted by Crippen LogP contribution is -2.64. The summed E-state index contributed by atoms with van der Waals surface area (Å²) < 4.78 is 215. The molecule has 0 radical (unpaired) electrons. The Bertz CT molecular complexity index is 1080. The molecule has 0 heterocycles. The molecule has 0 amide bonds. The maximum atomic E-state index is 14.1. The fraction of sp³-hybridized carbons (Fsp3) is 1.00. The van der Waals surface area contributed by atoms with E-state index in [0.717, 1.165) is 35.5 Å². The molecular formula is C26H44F12O10Si3. The van der Waals surface area contributed by atoms with Gasteiger partial charge in [-0.1, -0.05) is 0 Å². The molecule has 2 bridgehead atoms. The molecule has 6 atom stereocenters. The number of fused-ring (bicyclic) bond motifs is 2. The molecule has 0 saturated heterocycles. The summed E-state index contributed by atoms with van der Waals surface area (Å²) >= 11 is 0. The van der Waals surface area contributed by atoms with E-state index in [4.69, 9.17) is 30.4 Å².